The summed E-state index contributed by atoms with van der Waals surface area (Å²) in [5, 5.41) is 5.84. The Morgan fingerprint density at radius 2 is 1.77 bits per heavy atom. The van der Waals surface area contributed by atoms with Crippen LogP contribution < -0.4 is 15.5 Å². The van der Waals surface area contributed by atoms with Gasteiger partial charge in [0.1, 0.15) is 11.6 Å². The van der Waals surface area contributed by atoms with Gasteiger partial charge in [0.2, 0.25) is 0 Å². The van der Waals surface area contributed by atoms with Gasteiger partial charge in [0.25, 0.3) is 11.8 Å². The number of benzene rings is 2. The molecule has 166 valence electrons. The van der Waals surface area contributed by atoms with E-state index in [1.54, 1.807) is 0 Å². The number of rotatable bonds is 7. The number of halogens is 2. The Kier molecular flexibility index (Phi) is 7.60. The molecule has 0 saturated carbocycles. The lowest BCUT2D eigenvalue weighted by atomic mass is 10.0. The molecule has 1 aliphatic rings. The zero-order valence-electron chi connectivity index (χ0n) is 18.0. The fourth-order valence-electron chi connectivity index (χ4n) is 3.65. The van der Waals surface area contributed by atoms with Crippen LogP contribution in [0.2, 0.25) is 0 Å². The first-order valence-corrected chi connectivity index (χ1v) is 10.8. The fraction of sp³-hybridized carbons (Fsp3) is 0.417. The van der Waals surface area contributed by atoms with E-state index in [4.69, 9.17) is 0 Å². The van der Waals surface area contributed by atoms with Crippen LogP contribution in [0.15, 0.2) is 42.5 Å². The quantitative estimate of drug-likeness (QED) is 0.696. The van der Waals surface area contributed by atoms with Gasteiger partial charge in [0.15, 0.2) is 0 Å². The zero-order chi connectivity index (χ0) is 22.4. The van der Waals surface area contributed by atoms with E-state index in [0.717, 1.165) is 24.2 Å². The van der Waals surface area contributed by atoms with Crippen molar-refractivity contribution in [3.05, 3.63) is 65.2 Å². The molecule has 0 bridgehead atoms. The van der Waals surface area contributed by atoms with Gasteiger partial charge < -0.3 is 15.5 Å². The highest BCUT2D eigenvalue weighted by Gasteiger charge is 2.25. The van der Waals surface area contributed by atoms with E-state index in [9.17, 15) is 18.4 Å². The van der Waals surface area contributed by atoms with Gasteiger partial charge in [-0.2, -0.15) is 0 Å². The maximum atomic E-state index is 13.8. The third-order valence-corrected chi connectivity index (χ3v) is 5.80. The Labute approximate surface area is 181 Å². The van der Waals surface area contributed by atoms with Crippen LogP contribution in [0.1, 0.15) is 53.8 Å². The van der Waals surface area contributed by atoms with Crippen molar-refractivity contribution in [1.29, 1.82) is 0 Å². The van der Waals surface area contributed by atoms with Crippen molar-refractivity contribution in [2.24, 2.45) is 5.92 Å². The molecule has 7 heteroatoms. The Hall–Kier alpha value is -2.96. The summed E-state index contributed by atoms with van der Waals surface area (Å²) in [6, 6.07) is 10.4. The number of carbonyl (C=O) groups is 2. The van der Waals surface area contributed by atoms with Gasteiger partial charge in [0, 0.05) is 37.4 Å². The van der Waals surface area contributed by atoms with Crippen LogP contribution in [0.5, 0.6) is 0 Å². The average Bonchev–Trinajstić information content (AvgIpc) is 2.77. The standard InChI is InChI=1S/C24H29F2N3O2/c1-3-16(2)15-27-23(30)20-6-4-5-7-22(20)29-12-10-18(11-13-29)28-24(31)19-9-8-17(25)14-21(19)26/h4-9,14,16,18H,3,10-13,15H2,1-2H3,(H,27,30)(H,28,31). The van der Waals surface area contributed by atoms with Crippen molar-refractivity contribution in [1.82, 2.24) is 10.6 Å². The molecule has 2 N–H and O–H groups in total. The molecule has 0 aromatic heterocycles. The van der Waals surface area contributed by atoms with Crippen LogP contribution in [-0.2, 0) is 0 Å². The van der Waals surface area contributed by atoms with Gasteiger partial charge >= 0.3 is 0 Å². The summed E-state index contributed by atoms with van der Waals surface area (Å²) >= 11 is 0. The second kappa shape index (κ2) is 10.4. The van der Waals surface area contributed by atoms with Gasteiger partial charge in [-0.05, 0) is 43.0 Å². The van der Waals surface area contributed by atoms with Crippen LogP contribution in [0.25, 0.3) is 0 Å². The lowest BCUT2D eigenvalue weighted by molar-refractivity contribution is 0.0925. The van der Waals surface area contributed by atoms with Gasteiger partial charge in [-0.25, -0.2) is 8.78 Å². The van der Waals surface area contributed by atoms with E-state index in [1.807, 2.05) is 24.3 Å². The summed E-state index contributed by atoms with van der Waals surface area (Å²) in [7, 11) is 0. The predicted octanol–water partition coefficient (Wildman–Crippen LogP) is 4.14. The van der Waals surface area contributed by atoms with Crippen molar-refractivity contribution in [3.8, 4) is 0 Å². The Morgan fingerprint density at radius 1 is 1.06 bits per heavy atom. The number of amides is 2. The van der Waals surface area contributed by atoms with E-state index in [2.05, 4.69) is 29.4 Å². The van der Waals surface area contributed by atoms with Crippen molar-refractivity contribution >= 4 is 17.5 Å². The number of anilines is 1. The monoisotopic (exact) mass is 429 g/mol. The molecule has 3 rings (SSSR count). The van der Waals surface area contributed by atoms with Gasteiger partial charge in [0.05, 0.1) is 11.1 Å². The summed E-state index contributed by atoms with van der Waals surface area (Å²) < 4.78 is 26.9. The highest BCUT2D eigenvalue weighted by Crippen LogP contribution is 2.24. The SMILES string of the molecule is CCC(C)CNC(=O)c1ccccc1N1CCC(NC(=O)c2ccc(F)cc2F)CC1. The predicted molar refractivity (Wildman–Crippen MR) is 117 cm³/mol. The normalized spacial score (nSPS) is 15.4. The van der Waals surface area contributed by atoms with Crippen LogP contribution in [0.4, 0.5) is 14.5 Å². The van der Waals surface area contributed by atoms with Crippen LogP contribution >= 0.6 is 0 Å². The molecule has 2 amide bonds. The van der Waals surface area contributed by atoms with Crippen LogP contribution in [-0.4, -0.2) is 37.5 Å². The minimum Gasteiger partial charge on any atom is -0.371 e. The third kappa shape index (κ3) is 5.81. The van der Waals surface area contributed by atoms with E-state index >= 15 is 0 Å². The molecule has 2 aromatic rings. The van der Waals surface area contributed by atoms with Gasteiger partial charge in [-0.1, -0.05) is 32.4 Å². The van der Waals surface area contributed by atoms with Crippen molar-refractivity contribution in [3.63, 3.8) is 0 Å². The molecule has 1 saturated heterocycles. The summed E-state index contributed by atoms with van der Waals surface area (Å²) in [6.07, 6.45) is 2.33. The number of carbonyl (C=O) groups excluding carboxylic acids is 2. The maximum absolute atomic E-state index is 13.8. The van der Waals surface area contributed by atoms with E-state index in [1.165, 1.54) is 0 Å². The van der Waals surface area contributed by atoms with E-state index in [0.29, 0.717) is 50.0 Å². The van der Waals surface area contributed by atoms with E-state index < -0.39 is 17.5 Å². The first kappa shape index (κ1) is 22.7. The van der Waals surface area contributed by atoms with Crippen molar-refractivity contribution < 1.29 is 18.4 Å². The van der Waals surface area contributed by atoms with Gasteiger partial charge in [-0.15, -0.1) is 0 Å². The molecule has 5 nitrogen and oxygen atoms in total. The second-order valence-corrected chi connectivity index (χ2v) is 8.10. The lowest BCUT2D eigenvalue weighted by Gasteiger charge is -2.35. The first-order valence-electron chi connectivity index (χ1n) is 10.8. The summed E-state index contributed by atoms with van der Waals surface area (Å²) in [6.45, 7) is 6.15. The van der Waals surface area contributed by atoms with E-state index in [-0.39, 0.29) is 17.5 Å². The number of nitrogens with one attached hydrogen (secondary N) is 2. The number of hydrogen-bond donors (Lipinski definition) is 2. The van der Waals surface area contributed by atoms with Crippen LogP contribution in [0.3, 0.4) is 0 Å². The zero-order valence-corrected chi connectivity index (χ0v) is 18.0. The van der Waals surface area contributed by atoms with Crippen LogP contribution in [0, 0.1) is 17.6 Å². The molecule has 0 spiro atoms. The number of piperidine rings is 1. The molecule has 31 heavy (non-hydrogen) atoms. The molecule has 1 fully saturated rings. The maximum Gasteiger partial charge on any atom is 0.254 e. The minimum atomic E-state index is -0.868. The summed E-state index contributed by atoms with van der Waals surface area (Å²) in [5.74, 6) is -1.79. The topological polar surface area (TPSA) is 61.4 Å². The number of hydrogen-bond acceptors (Lipinski definition) is 3. The molecule has 1 unspecified atom stereocenters. The number of para-hydroxylation sites is 1. The average molecular weight is 430 g/mol. The lowest BCUT2D eigenvalue weighted by Crippen LogP contribution is -2.45. The highest BCUT2D eigenvalue weighted by atomic mass is 19.1. The summed E-state index contributed by atoms with van der Waals surface area (Å²) in [4.78, 5) is 27.2. The smallest absolute Gasteiger partial charge is 0.254 e. The molecule has 1 aliphatic heterocycles. The highest BCUT2D eigenvalue weighted by molar-refractivity contribution is 5.99. The van der Waals surface area contributed by atoms with Gasteiger partial charge in [-0.3, -0.25) is 9.59 Å². The fourth-order valence-corrected chi connectivity index (χ4v) is 3.65. The molecule has 2 aromatic carbocycles. The molecule has 0 aliphatic carbocycles. The van der Waals surface area contributed by atoms with Crippen molar-refractivity contribution in [2.45, 2.75) is 39.2 Å². The molecule has 1 heterocycles. The molecular weight excluding hydrogens is 400 g/mol. The molecule has 1 atom stereocenters. The number of nitrogens with zero attached hydrogens (tertiary/aromatic N) is 1. The second-order valence-electron chi connectivity index (χ2n) is 8.10. The Morgan fingerprint density at radius 3 is 2.45 bits per heavy atom. The first-order chi connectivity index (χ1) is 14.9. The summed E-state index contributed by atoms with van der Waals surface area (Å²) in [5.41, 5.74) is 1.35. The third-order valence-electron chi connectivity index (χ3n) is 5.80. The Balaban J connectivity index is 1.59. The Bertz CT molecular complexity index is 927. The minimum absolute atomic E-state index is 0.0851. The molecule has 0 radical (unpaired) electrons. The molecular formula is C24H29F2N3O2. The largest absolute Gasteiger partial charge is 0.371 e. The van der Waals surface area contributed by atoms with Crippen molar-refractivity contribution in [2.75, 3.05) is 24.5 Å².